The highest BCUT2D eigenvalue weighted by molar-refractivity contribution is 5.79. The summed E-state index contributed by atoms with van der Waals surface area (Å²) in [6.45, 7) is 0.177. The van der Waals surface area contributed by atoms with Gasteiger partial charge in [0.25, 0.3) is 0 Å². The van der Waals surface area contributed by atoms with Crippen molar-refractivity contribution in [1.29, 1.82) is 0 Å². The van der Waals surface area contributed by atoms with Gasteiger partial charge in [0.15, 0.2) is 0 Å². The summed E-state index contributed by atoms with van der Waals surface area (Å²) >= 11 is 0. The summed E-state index contributed by atoms with van der Waals surface area (Å²) < 4.78 is 11.1. The fourth-order valence-corrected chi connectivity index (χ4v) is 3.27. The lowest BCUT2D eigenvalue weighted by molar-refractivity contribution is -0.148. The first kappa shape index (κ1) is 12.5. The molecule has 102 valence electrons. The van der Waals surface area contributed by atoms with Crippen LogP contribution in [0.3, 0.4) is 0 Å². The molecule has 0 bridgehead atoms. The Morgan fingerprint density at radius 1 is 1.42 bits per heavy atom. The Morgan fingerprint density at radius 2 is 2.32 bits per heavy atom. The number of carbonyl (C=O) groups excluding carboxylic acids is 1. The first-order valence-electron chi connectivity index (χ1n) is 6.82. The fourth-order valence-electron chi connectivity index (χ4n) is 3.27. The average Bonchev–Trinajstić information content (AvgIpc) is 2.47. The summed E-state index contributed by atoms with van der Waals surface area (Å²) in [5.74, 6) is 0.789. The van der Waals surface area contributed by atoms with E-state index in [0.29, 0.717) is 0 Å². The topological polar surface area (TPSA) is 47.6 Å². The van der Waals surface area contributed by atoms with Crippen LogP contribution in [0, 0.1) is 0 Å². The van der Waals surface area contributed by atoms with E-state index < -0.39 is 0 Å². The van der Waals surface area contributed by atoms with Gasteiger partial charge in [-0.2, -0.15) is 0 Å². The van der Waals surface area contributed by atoms with E-state index >= 15 is 0 Å². The van der Waals surface area contributed by atoms with E-state index in [1.165, 1.54) is 0 Å². The van der Waals surface area contributed by atoms with Crippen molar-refractivity contribution in [3.63, 3.8) is 0 Å². The molecule has 4 nitrogen and oxygen atoms in total. The van der Waals surface area contributed by atoms with Gasteiger partial charge in [-0.3, -0.25) is 4.79 Å². The van der Waals surface area contributed by atoms with E-state index in [9.17, 15) is 4.79 Å². The molecule has 1 amide bonds. The van der Waals surface area contributed by atoms with Crippen molar-refractivity contribution in [3.05, 3.63) is 29.8 Å². The van der Waals surface area contributed by atoms with Gasteiger partial charge in [-0.15, -0.1) is 0 Å². The third-order valence-electron chi connectivity index (χ3n) is 4.20. The standard InChI is InChI=1S/C15H19NO3/c1-18-12-6-4-5-11(9-12)15-8-3-2-7-13(15)19-10-14(17)16-15/h4-6,9,13H,2-3,7-8,10H2,1H3,(H,16,17). The van der Waals surface area contributed by atoms with Crippen LogP contribution < -0.4 is 10.1 Å². The van der Waals surface area contributed by atoms with E-state index in [-0.39, 0.29) is 24.2 Å². The zero-order chi connectivity index (χ0) is 13.3. The lowest BCUT2D eigenvalue weighted by atomic mass is 9.73. The second-order valence-electron chi connectivity index (χ2n) is 5.30. The van der Waals surface area contributed by atoms with Crippen LogP contribution in [0.1, 0.15) is 31.2 Å². The third kappa shape index (κ3) is 2.10. The molecule has 4 heteroatoms. The SMILES string of the molecule is COc1cccc(C23CCCCC2OCC(=O)N3)c1. The van der Waals surface area contributed by atoms with Crippen LogP contribution in [0.25, 0.3) is 0 Å². The Kier molecular flexibility index (Phi) is 3.19. The summed E-state index contributed by atoms with van der Waals surface area (Å²) in [5.41, 5.74) is 0.715. The van der Waals surface area contributed by atoms with Crippen LogP contribution in [0.4, 0.5) is 0 Å². The number of hydrogen-bond donors (Lipinski definition) is 1. The minimum absolute atomic E-state index is 0.0269. The molecule has 1 saturated carbocycles. The number of nitrogens with one attached hydrogen (secondary N) is 1. The maximum atomic E-state index is 11.8. The monoisotopic (exact) mass is 261 g/mol. The fraction of sp³-hybridized carbons (Fsp3) is 0.533. The lowest BCUT2D eigenvalue weighted by Crippen LogP contribution is -2.61. The molecule has 1 N–H and O–H groups in total. The molecule has 1 aromatic carbocycles. The summed E-state index contributed by atoms with van der Waals surface area (Å²) in [4.78, 5) is 11.8. The number of morpholine rings is 1. The van der Waals surface area contributed by atoms with Gasteiger partial charge in [-0.1, -0.05) is 25.0 Å². The van der Waals surface area contributed by atoms with Crippen molar-refractivity contribution in [3.8, 4) is 5.75 Å². The van der Waals surface area contributed by atoms with E-state index in [1.807, 2.05) is 18.2 Å². The largest absolute Gasteiger partial charge is 0.497 e. The first-order valence-corrected chi connectivity index (χ1v) is 6.82. The number of hydrogen-bond acceptors (Lipinski definition) is 3. The molecule has 1 heterocycles. The van der Waals surface area contributed by atoms with Crippen molar-refractivity contribution < 1.29 is 14.3 Å². The Morgan fingerprint density at radius 3 is 3.16 bits per heavy atom. The predicted octanol–water partition coefficient (Wildman–Crippen LogP) is 1.98. The van der Waals surface area contributed by atoms with E-state index in [1.54, 1.807) is 7.11 Å². The van der Waals surface area contributed by atoms with Crippen molar-refractivity contribution in [2.75, 3.05) is 13.7 Å². The Labute approximate surface area is 113 Å². The molecule has 19 heavy (non-hydrogen) atoms. The van der Waals surface area contributed by atoms with Gasteiger partial charge in [-0.25, -0.2) is 0 Å². The summed E-state index contributed by atoms with van der Waals surface area (Å²) in [6, 6.07) is 7.95. The normalized spacial score (nSPS) is 30.4. The maximum absolute atomic E-state index is 11.8. The molecule has 1 aliphatic heterocycles. The van der Waals surface area contributed by atoms with Crippen molar-refractivity contribution in [1.82, 2.24) is 5.32 Å². The minimum Gasteiger partial charge on any atom is -0.497 e. The number of amides is 1. The molecule has 0 aromatic heterocycles. The van der Waals surface area contributed by atoms with Crippen LogP contribution in [0.5, 0.6) is 5.75 Å². The zero-order valence-corrected chi connectivity index (χ0v) is 11.1. The lowest BCUT2D eigenvalue weighted by Gasteiger charge is -2.47. The Hall–Kier alpha value is -1.55. The maximum Gasteiger partial charge on any atom is 0.246 e. The van der Waals surface area contributed by atoms with Gasteiger partial charge in [0.2, 0.25) is 5.91 Å². The molecular formula is C15H19NO3. The van der Waals surface area contributed by atoms with E-state index in [4.69, 9.17) is 9.47 Å². The van der Waals surface area contributed by atoms with Gasteiger partial charge >= 0.3 is 0 Å². The summed E-state index contributed by atoms with van der Waals surface area (Å²) in [5, 5.41) is 3.18. The molecule has 1 saturated heterocycles. The number of benzene rings is 1. The number of methoxy groups -OCH3 is 1. The van der Waals surface area contributed by atoms with Crippen LogP contribution in [-0.2, 0) is 15.1 Å². The van der Waals surface area contributed by atoms with Crippen LogP contribution in [0.2, 0.25) is 0 Å². The highest BCUT2D eigenvalue weighted by Crippen LogP contribution is 2.41. The third-order valence-corrected chi connectivity index (χ3v) is 4.20. The van der Waals surface area contributed by atoms with Crippen LogP contribution in [-0.4, -0.2) is 25.7 Å². The molecule has 0 radical (unpaired) electrons. The number of fused-ring (bicyclic) bond motifs is 1. The zero-order valence-electron chi connectivity index (χ0n) is 11.1. The number of rotatable bonds is 2. The second kappa shape index (κ2) is 4.85. The molecule has 1 aromatic rings. The molecule has 3 rings (SSSR count). The van der Waals surface area contributed by atoms with E-state index in [0.717, 1.165) is 37.0 Å². The first-order chi connectivity index (χ1) is 9.24. The van der Waals surface area contributed by atoms with Crippen molar-refractivity contribution >= 4 is 5.91 Å². The smallest absolute Gasteiger partial charge is 0.246 e. The summed E-state index contributed by atoms with van der Waals surface area (Å²) in [7, 11) is 1.66. The number of carbonyl (C=O) groups is 1. The quantitative estimate of drug-likeness (QED) is 0.885. The molecule has 1 aliphatic carbocycles. The second-order valence-corrected chi connectivity index (χ2v) is 5.30. The van der Waals surface area contributed by atoms with Gasteiger partial charge in [0.05, 0.1) is 18.8 Å². The van der Waals surface area contributed by atoms with Gasteiger partial charge in [0.1, 0.15) is 12.4 Å². The Bertz CT molecular complexity index is 488. The minimum atomic E-state index is -0.373. The van der Waals surface area contributed by atoms with E-state index in [2.05, 4.69) is 11.4 Å². The highest BCUT2D eigenvalue weighted by Gasteiger charge is 2.47. The Balaban J connectivity index is 2.02. The van der Waals surface area contributed by atoms with Gasteiger partial charge < -0.3 is 14.8 Å². The van der Waals surface area contributed by atoms with Crippen LogP contribution in [0.15, 0.2) is 24.3 Å². The molecule has 2 atom stereocenters. The van der Waals surface area contributed by atoms with Gasteiger partial charge in [0, 0.05) is 0 Å². The number of ether oxygens (including phenoxy) is 2. The molecule has 2 unspecified atom stereocenters. The molecular weight excluding hydrogens is 242 g/mol. The molecule has 0 spiro atoms. The predicted molar refractivity (Wildman–Crippen MR) is 71.0 cm³/mol. The molecule has 2 fully saturated rings. The van der Waals surface area contributed by atoms with Crippen LogP contribution >= 0.6 is 0 Å². The molecule has 2 aliphatic rings. The van der Waals surface area contributed by atoms with Crippen molar-refractivity contribution in [2.24, 2.45) is 0 Å². The van der Waals surface area contributed by atoms with Crippen molar-refractivity contribution in [2.45, 2.75) is 37.3 Å². The summed E-state index contributed by atoms with van der Waals surface area (Å²) in [6.07, 6.45) is 4.27. The average molecular weight is 261 g/mol. The van der Waals surface area contributed by atoms with Gasteiger partial charge in [-0.05, 0) is 30.5 Å². The highest BCUT2D eigenvalue weighted by atomic mass is 16.5.